The van der Waals surface area contributed by atoms with E-state index in [4.69, 9.17) is 4.74 Å². The van der Waals surface area contributed by atoms with Crippen molar-refractivity contribution >= 4 is 29.2 Å². The standard InChI is InChI=1S/C29H33N3O3S/c33-28(14-13-25-8-3-1-4-9-25)31(16-15-30-17-19-35-20-18-30)24-29(34)32(23-27-12-7-21-36-27)22-26-10-5-2-6-11-26/h1-14,21H,15-20,22-24H2. The summed E-state index contributed by atoms with van der Waals surface area (Å²) in [6.45, 7) is 5.36. The number of benzene rings is 2. The zero-order valence-electron chi connectivity index (χ0n) is 20.5. The first-order valence-electron chi connectivity index (χ1n) is 12.3. The molecule has 7 heteroatoms. The van der Waals surface area contributed by atoms with Crippen molar-refractivity contribution < 1.29 is 14.3 Å². The van der Waals surface area contributed by atoms with Crippen molar-refractivity contribution in [3.05, 3.63) is 100 Å². The molecule has 0 N–H and O–H groups in total. The third kappa shape index (κ3) is 8.16. The fraction of sp³-hybridized carbons (Fsp3) is 0.310. The predicted octanol–water partition coefficient (Wildman–Crippen LogP) is 4.15. The van der Waals surface area contributed by atoms with Gasteiger partial charge in [-0.1, -0.05) is 66.7 Å². The van der Waals surface area contributed by atoms with Crippen LogP contribution in [0.3, 0.4) is 0 Å². The summed E-state index contributed by atoms with van der Waals surface area (Å²) in [6.07, 6.45) is 3.38. The van der Waals surface area contributed by atoms with Crippen LogP contribution in [0.15, 0.2) is 84.3 Å². The number of carbonyl (C=O) groups is 2. The molecule has 1 aromatic heterocycles. The Morgan fingerprint density at radius 3 is 2.31 bits per heavy atom. The zero-order valence-corrected chi connectivity index (χ0v) is 21.3. The van der Waals surface area contributed by atoms with E-state index >= 15 is 0 Å². The summed E-state index contributed by atoms with van der Waals surface area (Å²) in [4.78, 5) is 33.8. The normalized spacial score (nSPS) is 14.1. The van der Waals surface area contributed by atoms with Gasteiger partial charge in [0, 0.05) is 43.7 Å². The van der Waals surface area contributed by atoms with Crippen molar-refractivity contribution in [1.29, 1.82) is 0 Å². The molecule has 2 heterocycles. The van der Waals surface area contributed by atoms with Crippen LogP contribution in [0.4, 0.5) is 0 Å². The Labute approximate surface area is 217 Å². The number of nitrogens with zero attached hydrogens (tertiary/aromatic N) is 3. The third-order valence-corrected chi connectivity index (χ3v) is 7.00. The third-order valence-electron chi connectivity index (χ3n) is 6.14. The first kappa shape index (κ1) is 25.8. The van der Waals surface area contributed by atoms with E-state index in [9.17, 15) is 9.59 Å². The highest BCUT2D eigenvalue weighted by Crippen LogP contribution is 2.15. The Balaban J connectivity index is 1.47. The van der Waals surface area contributed by atoms with E-state index in [1.165, 1.54) is 0 Å². The Kier molecular flexibility index (Phi) is 9.85. The Morgan fingerprint density at radius 1 is 0.889 bits per heavy atom. The van der Waals surface area contributed by atoms with Gasteiger partial charge in [0.25, 0.3) is 0 Å². The number of ether oxygens (including phenoxy) is 1. The van der Waals surface area contributed by atoms with Gasteiger partial charge in [0.15, 0.2) is 0 Å². The molecular weight excluding hydrogens is 470 g/mol. The molecule has 3 aromatic rings. The van der Waals surface area contributed by atoms with Gasteiger partial charge < -0.3 is 14.5 Å². The number of amides is 2. The van der Waals surface area contributed by atoms with Gasteiger partial charge in [0.1, 0.15) is 6.54 Å². The lowest BCUT2D eigenvalue weighted by atomic mass is 10.2. The molecular formula is C29H33N3O3S. The molecule has 0 spiro atoms. The topological polar surface area (TPSA) is 53.1 Å². The monoisotopic (exact) mass is 503 g/mol. The van der Waals surface area contributed by atoms with Crippen LogP contribution in [0.2, 0.25) is 0 Å². The average Bonchev–Trinajstić information content (AvgIpc) is 3.44. The Hall–Kier alpha value is -3.26. The van der Waals surface area contributed by atoms with E-state index in [1.807, 2.05) is 89.2 Å². The molecule has 0 bridgehead atoms. The van der Waals surface area contributed by atoms with Crippen LogP contribution in [-0.2, 0) is 27.4 Å². The minimum Gasteiger partial charge on any atom is -0.379 e. The quantitative estimate of drug-likeness (QED) is 0.369. The first-order valence-corrected chi connectivity index (χ1v) is 13.2. The molecule has 36 heavy (non-hydrogen) atoms. The maximum absolute atomic E-state index is 13.6. The maximum atomic E-state index is 13.6. The molecule has 1 aliphatic heterocycles. The molecule has 188 valence electrons. The van der Waals surface area contributed by atoms with Crippen LogP contribution < -0.4 is 0 Å². The summed E-state index contributed by atoms with van der Waals surface area (Å²) < 4.78 is 5.45. The van der Waals surface area contributed by atoms with Crippen molar-refractivity contribution in [2.24, 2.45) is 0 Å². The second kappa shape index (κ2) is 13.7. The molecule has 4 rings (SSSR count). The minimum atomic E-state index is -0.156. The number of hydrogen-bond donors (Lipinski definition) is 0. The van der Waals surface area contributed by atoms with Crippen molar-refractivity contribution in [3.8, 4) is 0 Å². The fourth-order valence-corrected chi connectivity index (χ4v) is 4.80. The smallest absolute Gasteiger partial charge is 0.247 e. The van der Waals surface area contributed by atoms with Gasteiger partial charge in [-0.2, -0.15) is 0 Å². The summed E-state index contributed by atoms with van der Waals surface area (Å²) in [6, 6.07) is 23.8. The number of hydrogen-bond acceptors (Lipinski definition) is 5. The van der Waals surface area contributed by atoms with Gasteiger partial charge >= 0.3 is 0 Å². The first-order chi connectivity index (χ1) is 17.7. The Morgan fingerprint density at radius 2 is 1.61 bits per heavy atom. The van der Waals surface area contributed by atoms with E-state index in [1.54, 1.807) is 22.3 Å². The lowest BCUT2D eigenvalue weighted by Gasteiger charge is -2.31. The predicted molar refractivity (Wildman–Crippen MR) is 144 cm³/mol. The molecule has 1 saturated heterocycles. The van der Waals surface area contributed by atoms with Crippen LogP contribution in [0, 0.1) is 0 Å². The summed E-state index contributed by atoms with van der Waals surface area (Å²) in [5, 5.41) is 2.02. The molecule has 0 radical (unpaired) electrons. The van der Waals surface area contributed by atoms with E-state index in [2.05, 4.69) is 4.90 Å². The van der Waals surface area contributed by atoms with Gasteiger partial charge in [-0.15, -0.1) is 11.3 Å². The van der Waals surface area contributed by atoms with Crippen LogP contribution in [0.25, 0.3) is 6.08 Å². The van der Waals surface area contributed by atoms with Crippen LogP contribution in [0.5, 0.6) is 0 Å². The van der Waals surface area contributed by atoms with Gasteiger partial charge in [-0.3, -0.25) is 14.5 Å². The molecule has 2 aromatic carbocycles. The summed E-state index contributed by atoms with van der Waals surface area (Å²) in [5.41, 5.74) is 2.02. The summed E-state index contributed by atoms with van der Waals surface area (Å²) in [7, 11) is 0. The van der Waals surface area contributed by atoms with Crippen molar-refractivity contribution in [3.63, 3.8) is 0 Å². The number of carbonyl (C=O) groups excluding carboxylic acids is 2. The lowest BCUT2D eigenvalue weighted by molar-refractivity contribution is -0.139. The van der Waals surface area contributed by atoms with Crippen LogP contribution in [0.1, 0.15) is 16.0 Å². The zero-order chi connectivity index (χ0) is 25.0. The lowest BCUT2D eigenvalue weighted by Crippen LogP contribution is -2.46. The molecule has 1 fully saturated rings. The molecule has 0 atom stereocenters. The molecule has 1 aliphatic rings. The van der Waals surface area contributed by atoms with E-state index in [0.29, 0.717) is 39.4 Å². The van der Waals surface area contributed by atoms with E-state index in [-0.39, 0.29) is 18.4 Å². The molecule has 0 unspecified atom stereocenters. The Bertz CT molecular complexity index is 1100. The average molecular weight is 504 g/mol. The van der Waals surface area contributed by atoms with Gasteiger partial charge in [0.2, 0.25) is 11.8 Å². The second-order valence-corrected chi connectivity index (χ2v) is 9.80. The van der Waals surface area contributed by atoms with Crippen LogP contribution >= 0.6 is 11.3 Å². The summed E-state index contributed by atoms with van der Waals surface area (Å²) in [5.74, 6) is -0.216. The SMILES string of the molecule is O=C(C=Cc1ccccc1)N(CCN1CCOCC1)CC(=O)N(Cc1ccccc1)Cc1cccs1. The molecule has 2 amide bonds. The van der Waals surface area contributed by atoms with Crippen LogP contribution in [-0.4, -0.2) is 72.5 Å². The number of morpholine rings is 1. The van der Waals surface area contributed by atoms with Gasteiger partial charge in [0.05, 0.1) is 19.8 Å². The second-order valence-electron chi connectivity index (χ2n) is 8.77. The minimum absolute atomic E-state index is 0.0422. The fourth-order valence-electron chi connectivity index (χ4n) is 4.08. The highest BCUT2D eigenvalue weighted by atomic mass is 32.1. The molecule has 0 saturated carbocycles. The number of rotatable bonds is 11. The number of thiophene rings is 1. The van der Waals surface area contributed by atoms with E-state index < -0.39 is 0 Å². The van der Waals surface area contributed by atoms with E-state index in [0.717, 1.165) is 29.1 Å². The van der Waals surface area contributed by atoms with Gasteiger partial charge in [-0.05, 0) is 28.6 Å². The highest BCUT2D eigenvalue weighted by Gasteiger charge is 2.22. The van der Waals surface area contributed by atoms with Gasteiger partial charge in [-0.25, -0.2) is 0 Å². The molecule has 6 nitrogen and oxygen atoms in total. The molecule has 0 aliphatic carbocycles. The van der Waals surface area contributed by atoms with Crippen molar-refractivity contribution in [2.75, 3.05) is 45.9 Å². The summed E-state index contributed by atoms with van der Waals surface area (Å²) >= 11 is 1.64. The van der Waals surface area contributed by atoms with Crippen molar-refractivity contribution in [2.45, 2.75) is 13.1 Å². The largest absolute Gasteiger partial charge is 0.379 e. The van der Waals surface area contributed by atoms with Crippen molar-refractivity contribution in [1.82, 2.24) is 14.7 Å². The highest BCUT2D eigenvalue weighted by molar-refractivity contribution is 7.09. The maximum Gasteiger partial charge on any atom is 0.247 e.